The van der Waals surface area contributed by atoms with Crippen LogP contribution in [0.15, 0.2) is 4.90 Å². The molecule has 0 aliphatic carbocycles. The highest BCUT2D eigenvalue weighted by atomic mass is 35.7. The first-order chi connectivity index (χ1) is 8.29. The van der Waals surface area contributed by atoms with Crippen molar-refractivity contribution in [2.24, 2.45) is 0 Å². The summed E-state index contributed by atoms with van der Waals surface area (Å²) >= 11 is 0. The van der Waals surface area contributed by atoms with E-state index in [1.807, 2.05) is 6.92 Å². The number of H-pyrrole nitrogens is 1. The molecule has 0 aliphatic heterocycles. The first kappa shape index (κ1) is 15.0. The number of nitrogens with one attached hydrogen (secondary N) is 2. The fourth-order valence-corrected chi connectivity index (χ4v) is 2.84. The molecule has 1 aromatic heterocycles. The molecule has 0 aliphatic rings. The van der Waals surface area contributed by atoms with Crippen LogP contribution in [0, 0.1) is 0 Å². The topological polar surface area (TPSA) is 91.9 Å². The van der Waals surface area contributed by atoms with Gasteiger partial charge in [-0.15, -0.1) is 0 Å². The van der Waals surface area contributed by atoms with Crippen LogP contribution in [0.1, 0.15) is 49.3 Å². The van der Waals surface area contributed by atoms with Crippen molar-refractivity contribution in [1.82, 2.24) is 15.5 Å². The Morgan fingerprint density at radius 2 is 2.11 bits per heavy atom. The molecule has 0 fully saturated rings. The van der Waals surface area contributed by atoms with Crippen molar-refractivity contribution in [1.29, 1.82) is 0 Å². The molecule has 102 valence electrons. The molecule has 1 heterocycles. The molecule has 18 heavy (non-hydrogen) atoms. The van der Waals surface area contributed by atoms with Gasteiger partial charge in [0.1, 0.15) is 4.90 Å². The minimum Gasteiger partial charge on any atom is -0.351 e. The van der Waals surface area contributed by atoms with Crippen molar-refractivity contribution in [3.8, 4) is 0 Å². The molecule has 0 radical (unpaired) electrons. The lowest BCUT2D eigenvalue weighted by molar-refractivity contribution is 0.0945. The molecule has 0 saturated heterocycles. The van der Waals surface area contributed by atoms with Gasteiger partial charge in [0.05, 0.1) is 5.69 Å². The zero-order valence-electron chi connectivity index (χ0n) is 10.4. The van der Waals surface area contributed by atoms with Gasteiger partial charge >= 0.3 is 0 Å². The van der Waals surface area contributed by atoms with Crippen molar-refractivity contribution < 1.29 is 13.2 Å². The van der Waals surface area contributed by atoms with E-state index in [2.05, 4.69) is 15.5 Å². The highest BCUT2D eigenvalue weighted by Crippen LogP contribution is 2.27. The lowest BCUT2D eigenvalue weighted by atomic mass is 10.1. The van der Waals surface area contributed by atoms with Crippen molar-refractivity contribution in [2.45, 2.75) is 38.0 Å². The van der Waals surface area contributed by atoms with Gasteiger partial charge in [-0.25, -0.2) is 8.42 Å². The zero-order valence-corrected chi connectivity index (χ0v) is 12.0. The maximum atomic E-state index is 11.8. The largest absolute Gasteiger partial charge is 0.351 e. The lowest BCUT2D eigenvalue weighted by Crippen LogP contribution is -2.25. The van der Waals surface area contributed by atoms with E-state index in [4.69, 9.17) is 10.7 Å². The Morgan fingerprint density at radius 3 is 2.56 bits per heavy atom. The Labute approximate surface area is 111 Å². The molecular formula is C10H16ClN3O3S. The number of rotatable bonds is 5. The monoisotopic (exact) mass is 293 g/mol. The van der Waals surface area contributed by atoms with Crippen molar-refractivity contribution in [3.63, 3.8) is 0 Å². The molecule has 0 aromatic carbocycles. The van der Waals surface area contributed by atoms with E-state index in [1.54, 1.807) is 13.8 Å². The highest BCUT2D eigenvalue weighted by molar-refractivity contribution is 8.13. The average Bonchev–Trinajstić information content (AvgIpc) is 2.69. The number of carbonyl (C=O) groups excluding carboxylic acids is 1. The third-order valence-corrected chi connectivity index (χ3v) is 3.68. The minimum atomic E-state index is -4.02. The average molecular weight is 294 g/mol. The summed E-state index contributed by atoms with van der Waals surface area (Å²) in [6.07, 6.45) is 0.746. The van der Waals surface area contributed by atoms with Gasteiger partial charge < -0.3 is 5.32 Å². The van der Waals surface area contributed by atoms with Gasteiger partial charge in [0.2, 0.25) is 0 Å². The number of carbonyl (C=O) groups is 1. The molecule has 8 heteroatoms. The number of nitrogens with zero attached hydrogens (tertiary/aromatic N) is 1. The number of hydrogen-bond acceptors (Lipinski definition) is 4. The van der Waals surface area contributed by atoms with E-state index < -0.39 is 15.0 Å². The summed E-state index contributed by atoms with van der Waals surface area (Å²) in [6.45, 7) is 5.91. The molecule has 1 aromatic rings. The second kappa shape index (κ2) is 5.71. The molecule has 0 spiro atoms. The second-order valence-corrected chi connectivity index (χ2v) is 6.67. The number of aromatic amines is 1. The van der Waals surface area contributed by atoms with Gasteiger partial charge in [-0.1, -0.05) is 20.8 Å². The first-order valence-corrected chi connectivity index (χ1v) is 7.91. The minimum absolute atomic E-state index is 0.131. The summed E-state index contributed by atoms with van der Waals surface area (Å²) in [6, 6.07) is 0. The summed E-state index contributed by atoms with van der Waals surface area (Å²) in [5.41, 5.74) is 0.161. The summed E-state index contributed by atoms with van der Waals surface area (Å²) < 4.78 is 23.1. The number of aromatic nitrogens is 2. The Balaban J connectivity index is 3.26. The third-order valence-electron chi connectivity index (χ3n) is 2.32. The van der Waals surface area contributed by atoms with E-state index in [9.17, 15) is 13.2 Å². The summed E-state index contributed by atoms with van der Waals surface area (Å²) in [4.78, 5) is 11.6. The van der Waals surface area contributed by atoms with Crippen LogP contribution in [0.5, 0.6) is 0 Å². The Bertz CT molecular complexity index is 537. The zero-order chi connectivity index (χ0) is 13.9. The maximum Gasteiger partial charge on any atom is 0.273 e. The molecule has 1 rings (SSSR count). The summed E-state index contributed by atoms with van der Waals surface area (Å²) in [7, 11) is 1.35. The van der Waals surface area contributed by atoms with Crippen LogP contribution < -0.4 is 5.32 Å². The van der Waals surface area contributed by atoms with Gasteiger partial charge in [-0.3, -0.25) is 9.89 Å². The molecule has 0 bridgehead atoms. The lowest BCUT2D eigenvalue weighted by Gasteiger charge is -2.05. The van der Waals surface area contributed by atoms with Crippen molar-refractivity contribution >= 4 is 25.6 Å². The van der Waals surface area contributed by atoms with Crippen LogP contribution in [0.4, 0.5) is 0 Å². The molecule has 0 unspecified atom stereocenters. The van der Waals surface area contributed by atoms with Gasteiger partial charge in [-0.05, 0) is 12.3 Å². The van der Waals surface area contributed by atoms with Gasteiger partial charge in [0.15, 0.2) is 5.69 Å². The van der Waals surface area contributed by atoms with Crippen LogP contribution in [0.3, 0.4) is 0 Å². The van der Waals surface area contributed by atoms with Gasteiger partial charge in [-0.2, -0.15) is 5.10 Å². The second-order valence-electron chi connectivity index (χ2n) is 4.16. The molecule has 1 amide bonds. The van der Waals surface area contributed by atoms with E-state index >= 15 is 0 Å². The van der Waals surface area contributed by atoms with Crippen molar-refractivity contribution in [2.75, 3.05) is 6.54 Å². The standard InChI is InChI=1S/C10H16ClN3O3S/c1-4-5-12-10(15)8-9(18(11,16)17)7(6(2)3)13-14-8/h6H,4-5H2,1-3H3,(H,12,15)(H,13,14). The van der Waals surface area contributed by atoms with E-state index in [0.717, 1.165) is 6.42 Å². The predicted molar refractivity (Wildman–Crippen MR) is 68.3 cm³/mol. The normalized spacial score (nSPS) is 11.8. The van der Waals surface area contributed by atoms with Crippen LogP contribution in [-0.2, 0) is 9.05 Å². The molecule has 0 atom stereocenters. The fourth-order valence-electron chi connectivity index (χ4n) is 1.46. The van der Waals surface area contributed by atoms with E-state index in [1.165, 1.54) is 0 Å². The SMILES string of the molecule is CCCNC(=O)c1n[nH]c(C(C)C)c1S(=O)(=O)Cl. The predicted octanol–water partition coefficient (Wildman–Crippen LogP) is 1.60. The van der Waals surface area contributed by atoms with E-state index in [-0.39, 0.29) is 16.5 Å². The number of hydrogen-bond donors (Lipinski definition) is 2. The van der Waals surface area contributed by atoms with Crippen LogP contribution >= 0.6 is 10.7 Å². The highest BCUT2D eigenvalue weighted by Gasteiger charge is 2.29. The third kappa shape index (κ3) is 3.23. The first-order valence-electron chi connectivity index (χ1n) is 5.60. The van der Waals surface area contributed by atoms with Gasteiger partial charge in [0, 0.05) is 17.2 Å². The summed E-state index contributed by atoms with van der Waals surface area (Å²) in [5, 5.41) is 8.89. The number of amides is 1. The molecule has 2 N–H and O–H groups in total. The molecule has 6 nitrogen and oxygen atoms in total. The Morgan fingerprint density at radius 1 is 1.50 bits per heavy atom. The fraction of sp³-hybridized carbons (Fsp3) is 0.600. The number of halogens is 1. The Hall–Kier alpha value is -1.08. The van der Waals surface area contributed by atoms with E-state index in [0.29, 0.717) is 12.2 Å². The quantitative estimate of drug-likeness (QED) is 0.807. The van der Waals surface area contributed by atoms with Crippen LogP contribution in [0.2, 0.25) is 0 Å². The van der Waals surface area contributed by atoms with Crippen LogP contribution in [-0.4, -0.2) is 31.1 Å². The molecule has 0 saturated carbocycles. The maximum absolute atomic E-state index is 11.8. The molecular weight excluding hydrogens is 278 g/mol. The van der Waals surface area contributed by atoms with Crippen molar-refractivity contribution in [3.05, 3.63) is 11.4 Å². The van der Waals surface area contributed by atoms with Gasteiger partial charge in [0.25, 0.3) is 15.0 Å². The summed E-state index contributed by atoms with van der Waals surface area (Å²) in [5.74, 6) is -0.673. The smallest absolute Gasteiger partial charge is 0.273 e. The Kier molecular flexibility index (Phi) is 4.75. The van der Waals surface area contributed by atoms with Crippen LogP contribution in [0.25, 0.3) is 0 Å².